The van der Waals surface area contributed by atoms with Gasteiger partial charge in [0.25, 0.3) is 0 Å². The molecule has 0 radical (unpaired) electrons. The second-order valence-corrected chi connectivity index (χ2v) is 7.69. The van der Waals surface area contributed by atoms with Gasteiger partial charge in [-0.2, -0.15) is 0 Å². The summed E-state index contributed by atoms with van der Waals surface area (Å²) >= 11 is 0. The van der Waals surface area contributed by atoms with Gasteiger partial charge in [0, 0.05) is 18.6 Å². The molecular formula is C16H32N2. The Balaban J connectivity index is 1.91. The lowest BCUT2D eigenvalue weighted by molar-refractivity contribution is 0.177. The molecule has 0 aromatic carbocycles. The Labute approximate surface area is 114 Å². The summed E-state index contributed by atoms with van der Waals surface area (Å²) < 4.78 is 0. The molecule has 1 aliphatic carbocycles. The molecule has 0 aromatic rings. The SMILES string of the molecule is CC(C)CC1CN(C2CCC(C)(C)C2)CCCN1. The fraction of sp³-hybridized carbons (Fsp3) is 1.00. The Morgan fingerprint density at radius 3 is 2.72 bits per heavy atom. The van der Waals surface area contributed by atoms with Crippen LogP contribution in [0.2, 0.25) is 0 Å². The molecule has 1 N–H and O–H groups in total. The van der Waals surface area contributed by atoms with Crippen molar-refractivity contribution in [3.05, 3.63) is 0 Å². The zero-order valence-electron chi connectivity index (χ0n) is 12.8. The zero-order valence-corrected chi connectivity index (χ0v) is 12.8. The Hall–Kier alpha value is -0.0800. The number of hydrogen-bond donors (Lipinski definition) is 1. The summed E-state index contributed by atoms with van der Waals surface area (Å²) in [6.07, 6.45) is 6.89. The predicted molar refractivity (Wildman–Crippen MR) is 78.9 cm³/mol. The van der Waals surface area contributed by atoms with Crippen molar-refractivity contribution in [2.24, 2.45) is 11.3 Å². The Kier molecular flexibility index (Phi) is 4.71. The zero-order chi connectivity index (χ0) is 13.2. The molecule has 0 aromatic heterocycles. The van der Waals surface area contributed by atoms with Crippen LogP contribution >= 0.6 is 0 Å². The monoisotopic (exact) mass is 252 g/mol. The molecule has 0 spiro atoms. The van der Waals surface area contributed by atoms with Gasteiger partial charge in [-0.3, -0.25) is 4.90 Å². The second kappa shape index (κ2) is 5.92. The van der Waals surface area contributed by atoms with Gasteiger partial charge in [0.15, 0.2) is 0 Å². The highest BCUT2D eigenvalue weighted by Crippen LogP contribution is 2.39. The van der Waals surface area contributed by atoms with Crippen molar-refractivity contribution >= 4 is 0 Å². The smallest absolute Gasteiger partial charge is 0.0197 e. The molecule has 18 heavy (non-hydrogen) atoms. The molecule has 1 heterocycles. The third-order valence-corrected chi connectivity index (χ3v) is 4.72. The standard InChI is InChI=1S/C16H32N2/c1-13(2)10-14-12-18(9-5-8-17-14)15-6-7-16(3,4)11-15/h13-15,17H,5-12H2,1-4H3. The van der Waals surface area contributed by atoms with Crippen LogP contribution in [0.4, 0.5) is 0 Å². The maximum atomic E-state index is 3.75. The third-order valence-electron chi connectivity index (χ3n) is 4.72. The van der Waals surface area contributed by atoms with Gasteiger partial charge in [0.1, 0.15) is 0 Å². The Bertz CT molecular complexity index is 260. The van der Waals surface area contributed by atoms with Gasteiger partial charge in [0.05, 0.1) is 0 Å². The molecule has 1 aliphatic heterocycles. The van der Waals surface area contributed by atoms with Crippen LogP contribution in [0.15, 0.2) is 0 Å². The predicted octanol–water partition coefficient (Wildman–Crippen LogP) is 3.28. The van der Waals surface area contributed by atoms with Gasteiger partial charge in [-0.15, -0.1) is 0 Å². The minimum atomic E-state index is 0.581. The number of rotatable bonds is 3. The molecule has 2 unspecified atom stereocenters. The molecule has 0 amide bonds. The van der Waals surface area contributed by atoms with Crippen LogP contribution in [0.5, 0.6) is 0 Å². The van der Waals surface area contributed by atoms with E-state index in [2.05, 4.69) is 37.9 Å². The van der Waals surface area contributed by atoms with E-state index in [0.717, 1.165) is 18.0 Å². The van der Waals surface area contributed by atoms with Crippen molar-refractivity contribution in [2.45, 2.75) is 71.9 Å². The number of nitrogens with zero attached hydrogens (tertiary/aromatic N) is 1. The van der Waals surface area contributed by atoms with E-state index in [4.69, 9.17) is 0 Å². The Morgan fingerprint density at radius 1 is 1.33 bits per heavy atom. The van der Waals surface area contributed by atoms with Crippen molar-refractivity contribution < 1.29 is 0 Å². The van der Waals surface area contributed by atoms with Crippen molar-refractivity contribution in [1.82, 2.24) is 10.2 Å². The maximum absolute atomic E-state index is 3.75. The average molecular weight is 252 g/mol. The van der Waals surface area contributed by atoms with Gasteiger partial charge in [0.2, 0.25) is 0 Å². The average Bonchev–Trinajstić information content (AvgIpc) is 2.48. The molecule has 0 bridgehead atoms. The van der Waals surface area contributed by atoms with Crippen LogP contribution in [-0.2, 0) is 0 Å². The molecule has 1 saturated carbocycles. The first kappa shape index (κ1) is 14.3. The van der Waals surface area contributed by atoms with Crippen LogP contribution in [0, 0.1) is 11.3 Å². The Morgan fingerprint density at radius 2 is 2.11 bits per heavy atom. The van der Waals surface area contributed by atoms with Crippen molar-refractivity contribution in [3.63, 3.8) is 0 Å². The molecule has 2 atom stereocenters. The topological polar surface area (TPSA) is 15.3 Å². The first-order chi connectivity index (χ1) is 8.46. The molecule has 106 valence electrons. The minimum Gasteiger partial charge on any atom is -0.313 e. The summed E-state index contributed by atoms with van der Waals surface area (Å²) in [5.74, 6) is 0.808. The lowest BCUT2D eigenvalue weighted by Crippen LogP contribution is -2.42. The summed E-state index contributed by atoms with van der Waals surface area (Å²) in [7, 11) is 0. The van der Waals surface area contributed by atoms with Gasteiger partial charge >= 0.3 is 0 Å². The van der Waals surface area contributed by atoms with E-state index in [1.165, 1.54) is 51.7 Å². The summed E-state index contributed by atoms with van der Waals surface area (Å²) in [6.45, 7) is 13.4. The van der Waals surface area contributed by atoms with E-state index < -0.39 is 0 Å². The summed E-state index contributed by atoms with van der Waals surface area (Å²) in [4.78, 5) is 2.79. The van der Waals surface area contributed by atoms with Crippen molar-refractivity contribution in [1.29, 1.82) is 0 Å². The van der Waals surface area contributed by atoms with Crippen molar-refractivity contribution in [2.75, 3.05) is 19.6 Å². The first-order valence-corrected chi connectivity index (χ1v) is 7.94. The largest absolute Gasteiger partial charge is 0.313 e. The first-order valence-electron chi connectivity index (χ1n) is 7.94. The molecule has 2 heteroatoms. The van der Waals surface area contributed by atoms with E-state index in [1.54, 1.807) is 0 Å². The quantitative estimate of drug-likeness (QED) is 0.829. The summed E-state index contributed by atoms with van der Waals surface area (Å²) in [5.41, 5.74) is 0.581. The number of hydrogen-bond acceptors (Lipinski definition) is 2. The van der Waals surface area contributed by atoms with Crippen LogP contribution in [-0.4, -0.2) is 36.6 Å². The normalized spacial score (nSPS) is 33.8. The highest BCUT2D eigenvalue weighted by Gasteiger charge is 2.35. The fourth-order valence-electron chi connectivity index (χ4n) is 3.80. The molecule has 1 saturated heterocycles. The van der Waals surface area contributed by atoms with Crippen molar-refractivity contribution in [3.8, 4) is 0 Å². The van der Waals surface area contributed by atoms with E-state index in [-0.39, 0.29) is 0 Å². The van der Waals surface area contributed by atoms with Gasteiger partial charge in [-0.05, 0) is 56.5 Å². The summed E-state index contributed by atoms with van der Waals surface area (Å²) in [6, 6.07) is 1.57. The van der Waals surface area contributed by atoms with E-state index in [9.17, 15) is 0 Å². The lowest BCUT2D eigenvalue weighted by Gasteiger charge is -2.31. The van der Waals surface area contributed by atoms with E-state index >= 15 is 0 Å². The molecular weight excluding hydrogens is 220 g/mol. The van der Waals surface area contributed by atoms with Crippen LogP contribution in [0.1, 0.15) is 59.8 Å². The minimum absolute atomic E-state index is 0.581. The van der Waals surface area contributed by atoms with Gasteiger partial charge < -0.3 is 5.32 Å². The maximum Gasteiger partial charge on any atom is 0.0197 e. The van der Waals surface area contributed by atoms with E-state index in [1.807, 2.05) is 0 Å². The van der Waals surface area contributed by atoms with E-state index in [0.29, 0.717) is 5.41 Å². The highest BCUT2D eigenvalue weighted by atomic mass is 15.2. The van der Waals surface area contributed by atoms with Crippen LogP contribution in [0.3, 0.4) is 0 Å². The molecule has 2 fully saturated rings. The highest BCUT2D eigenvalue weighted by molar-refractivity contribution is 4.90. The summed E-state index contributed by atoms with van der Waals surface area (Å²) in [5, 5.41) is 3.75. The van der Waals surface area contributed by atoms with Gasteiger partial charge in [-0.25, -0.2) is 0 Å². The van der Waals surface area contributed by atoms with Crippen LogP contribution < -0.4 is 5.32 Å². The van der Waals surface area contributed by atoms with Gasteiger partial charge in [-0.1, -0.05) is 27.7 Å². The third kappa shape index (κ3) is 3.96. The van der Waals surface area contributed by atoms with Crippen LogP contribution in [0.25, 0.3) is 0 Å². The fourth-order valence-corrected chi connectivity index (χ4v) is 3.80. The molecule has 2 nitrogen and oxygen atoms in total. The molecule has 2 aliphatic rings. The number of nitrogens with one attached hydrogen (secondary N) is 1. The second-order valence-electron chi connectivity index (χ2n) is 7.69. The lowest BCUT2D eigenvalue weighted by atomic mass is 9.91. The molecule has 2 rings (SSSR count).